The molecule has 2 unspecified atom stereocenters. The molecule has 1 amide bonds. The highest BCUT2D eigenvalue weighted by molar-refractivity contribution is 5.98. The highest BCUT2D eigenvalue weighted by Crippen LogP contribution is 2.21. The van der Waals surface area contributed by atoms with Gasteiger partial charge >= 0.3 is 5.97 Å². The smallest absolute Gasteiger partial charge is 0.331 e. The van der Waals surface area contributed by atoms with Gasteiger partial charge in [0.1, 0.15) is 6.10 Å². The van der Waals surface area contributed by atoms with Gasteiger partial charge in [0.25, 0.3) is 5.91 Å². The molecule has 0 spiro atoms. The molecule has 2 N–H and O–H groups in total. The van der Waals surface area contributed by atoms with Crippen molar-refractivity contribution in [2.75, 3.05) is 26.4 Å². The van der Waals surface area contributed by atoms with Crippen molar-refractivity contribution >= 4 is 11.9 Å². The SMILES string of the molecule is O=C(NC1(C(=O)O)CCOC1)c1ccnc(OC2CCOC2)c1. The number of aromatic nitrogens is 1. The van der Waals surface area contributed by atoms with Crippen molar-refractivity contribution in [3.05, 3.63) is 23.9 Å². The summed E-state index contributed by atoms with van der Waals surface area (Å²) in [4.78, 5) is 27.9. The molecular formula is C15H18N2O6. The average molecular weight is 322 g/mol. The molecule has 3 heterocycles. The summed E-state index contributed by atoms with van der Waals surface area (Å²) in [6.07, 6.45) is 2.40. The number of carboxylic acid groups (broad SMARTS) is 1. The molecule has 2 saturated heterocycles. The zero-order chi connectivity index (χ0) is 16.3. The van der Waals surface area contributed by atoms with Crippen molar-refractivity contribution in [1.29, 1.82) is 0 Å². The molecule has 124 valence electrons. The molecule has 1 aromatic heterocycles. The van der Waals surface area contributed by atoms with E-state index in [9.17, 15) is 14.7 Å². The summed E-state index contributed by atoms with van der Waals surface area (Å²) in [7, 11) is 0. The Bertz CT molecular complexity index is 593. The molecule has 1 aromatic rings. The van der Waals surface area contributed by atoms with Gasteiger partial charge < -0.3 is 24.6 Å². The van der Waals surface area contributed by atoms with Crippen LogP contribution in [-0.2, 0) is 14.3 Å². The van der Waals surface area contributed by atoms with Crippen LogP contribution >= 0.6 is 0 Å². The lowest BCUT2D eigenvalue weighted by Gasteiger charge is -2.23. The number of carboxylic acids is 1. The fraction of sp³-hybridized carbons (Fsp3) is 0.533. The van der Waals surface area contributed by atoms with Gasteiger partial charge in [-0.3, -0.25) is 4.79 Å². The maximum Gasteiger partial charge on any atom is 0.331 e. The van der Waals surface area contributed by atoms with E-state index in [1.807, 2.05) is 0 Å². The quantitative estimate of drug-likeness (QED) is 0.798. The van der Waals surface area contributed by atoms with Gasteiger partial charge in [0.2, 0.25) is 5.88 Å². The van der Waals surface area contributed by atoms with Gasteiger partial charge in [-0.25, -0.2) is 9.78 Å². The highest BCUT2D eigenvalue weighted by atomic mass is 16.5. The van der Waals surface area contributed by atoms with Gasteiger partial charge in [-0.05, 0) is 6.07 Å². The van der Waals surface area contributed by atoms with E-state index in [2.05, 4.69) is 10.3 Å². The zero-order valence-electron chi connectivity index (χ0n) is 12.5. The first kappa shape index (κ1) is 15.7. The van der Waals surface area contributed by atoms with Gasteiger partial charge in [-0.2, -0.15) is 0 Å². The van der Waals surface area contributed by atoms with Gasteiger partial charge in [0.15, 0.2) is 5.54 Å². The first-order valence-corrected chi connectivity index (χ1v) is 7.43. The topological polar surface area (TPSA) is 107 Å². The first-order chi connectivity index (χ1) is 11.1. The number of rotatable bonds is 5. The number of carbonyl (C=O) groups is 2. The van der Waals surface area contributed by atoms with E-state index in [1.165, 1.54) is 18.3 Å². The summed E-state index contributed by atoms with van der Waals surface area (Å²) in [6.45, 7) is 1.41. The van der Waals surface area contributed by atoms with Crippen LogP contribution in [0, 0.1) is 0 Å². The fourth-order valence-electron chi connectivity index (χ4n) is 2.57. The average Bonchev–Trinajstić information content (AvgIpc) is 3.20. The minimum Gasteiger partial charge on any atom is -0.479 e. The third-order valence-electron chi connectivity index (χ3n) is 3.96. The summed E-state index contributed by atoms with van der Waals surface area (Å²) in [5.41, 5.74) is -1.08. The Hall–Kier alpha value is -2.19. The number of aliphatic carboxylic acids is 1. The van der Waals surface area contributed by atoms with Crippen molar-refractivity contribution in [3.63, 3.8) is 0 Å². The monoisotopic (exact) mass is 322 g/mol. The van der Waals surface area contributed by atoms with Crippen LogP contribution in [0.1, 0.15) is 23.2 Å². The number of hydrogen-bond donors (Lipinski definition) is 2. The van der Waals surface area contributed by atoms with Crippen LogP contribution in [0.5, 0.6) is 5.88 Å². The second-order valence-corrected chi connectivity index (χ2v) is 5.63. The van der Waals surface area contributed by atoms with Crippen LogP contribution in [0.3, 0.4) is 0 Å². The normalized spacial score (nSPS) is 26.9. The third kappa shape index (κ3) is 3.43. The lowest BCUT2D eigenvalue weighted by molar-refractivity contribution is -0.144. The molecule has 2 fully saturated rings. The Balaban J connectivity index is 1.70. The molecule has 2 aliphatic rings. The second kappa shape index (κ2) is 6.51. The molecule has 2 aliphatic heterocycles. The third-order valence-corrected chi connectivity index (χ3v) is 3.96. The summed E-state index contributed by atoms with van der Waals surface area (Å²) in [6, 6.07) is 3.01. The lowest BCUT2D eigenvalue weighted by Crippen LogP contribution is -2.55. The number of pyridine rings is 1. The van der Waals surface area contributed by atoms with Crippen molar-refractivity contribution < 1.29 is 28.9 Å². The van der Waals surface area contributed by atoms with E-state index in [0.29, 0.717) is 31.3 Å². The standard InChI is InChI=1S/C15H18N2O6/c18-13(17-15(14(19)20)3-6-22-9-15)10-1-4-16-12(7-10)23-11-2-5-21-8-11/h1,4,7,11H,2-3,5-6,8-9H2,(H,17,18)(H,19,20). The summed E-state index contributed by atoms with van der Waals surface area (Å²) >= 11 is 0. The molecule has 0 radical (unpaired) electrons. The first-order valence-electron chi connectivity index (χ1n) is 7.43. The number of nitrogens with one attached hydrogen (secondary N) is 1. The van der Waals surface area contributed by atoms with E-state index in [1.54, 1.807) is 0 Å². The second-order valence-electron chi connectivity index (χ2n) is 5.63. The van der Waals surface area contributed by atoms with Crippen molar-refractivity contribution in [2.24, 2.45) is 0 Å². The predicted octanol–water partition coefficient (Wildman–Crippen LogP) is 0.223. The van der Waals surface area contributed by atoms with Gasteiger partial charge in [0, 0.05) is 37.3 Å². The van der Waals surface area contributed by atoms with Crippen LogP contribution in [0.2, 0.25) is 0 Å². The minimum absolute atomic E-state index is 0.0398. The van der Waals surface area contributed by atoms with E-state index in [0.717, 1.165) is 6.42 Å². The van der Waals surface area contributed by atoms with Gasteiger partial charge in [-0.1, -0.05) is 0 Å². The Morgan fingerprint density at radius 3 is 2.91 bits per heavy atom. The Labute approximate surface area is 132 Å². The van der Waals surface area contributed by atoms with E-state index >= 15 is 0 Å². The van der Waals surface area contributed by atoms with E-state index in [-0.39, 0.29) is 19.1 Å². The fourth-order valence-corrected chi connectivity index (χ4v) is 2.57. The summed E-state index contributed by atoms with van der Waals surface area (Å²) < 4.78 is 16.0. The van der Waals surface area contributed by atoms with Gasteiger partial charge in [0.05, 0.1) is 19.8 Å². The Morgan fingerprint density at radius 2 is 2.26 bits per heavy atom. The van der Waals surface area contributed by atoms with Crippen molar-refractivity contribution in [2.45, 2.75) is 24.5 Å². The number of amides is 1. The number of hydrogen-bond acceptors (Lipinski definition) is 6. The van der Waals surface area contributed by atoms with Gasteiger partial charge in [-0.15, -0.1) is 0 Å². The van der Waals surface area contributed by atoms with Crippen molar-refractivity contribution in [3.8, 4) is 5.88 Å². The molecule has 3 rings (SSSR count). The van der Waals surface area contributed by atoms with Crippen LogP contribution in [0.15, 0.2) is 18.3 Å². The molecule has 0 aliphatic carbocycles. The minimum atomic E-state index is -1.37. The van der Waals surface area contributed by atoms with Crippen LogP contribution in [-0.4, -0.2) is 60.0 Å². The largest absolute Gasteiger partial charge is 0.479 e. The van der Waals surface area contributed by atoms with Crippen molar-refractivity contribution in [1.82, 2.24) is 10.3 Å². The Kier molecular flexibility index (Phi) is 4.44. The van der Waals surface area contributed by atoms with Crippen LogP contribution < -0.4 is 10.1 Å². The molecule has 2 atom stereocenters. The molecule has 0 aromatic carbocycles. The number of nitrogens with zero attached hydrogens (tertiary/aromatic N) is 1. The molecule has 23 heavy (non-hydrogen) atoms. The number of carbonyl (C=O) groups excluding carboxylic acids is 1. The summed E-state index contributed by atoms with van der Waals surface area (Å²) in [5, 5.41) is 11.9. The molecule has 8 nitrogen and oxygen atoms in total. The lowest BCUT2D eigenvalue weighted by atomic mass is 9.98. The maximum atomic E-state index is 12.4. The molecule has 0 bridgehead atoms. The molecule has 0 saturated carbocycles. The summed E-state index contributed by atoms with van der Waals surface area (Å²) in [5.74, 6) is -1.27. The number of ether oxygens (including phenoxy) is 3. The van der Waals surface area contributed by atoms with E-state index in [4.69, 9.17) is 14.2 Å². The van der Waals surface area contributed by atoms with E-state index < -0.39 is 17.4 Å². The maximum absolute atomic E-state index is 12.4. The zero-order valence-corrected chi connectivity index (χ0v) is 12.5. The molecular weight excluding hydrogens is 304 g/mol. The Morgan fingerprint density at radius 1 is 1.39 bits per heavy atom. The predicted molar refractivity (Wildman–Crippen MR) is 77.4 cm³/mol. The van der Waals surface area contributed by atoms with Crippen LogP contribution in [0.25, 0.3) is 0 Å². The van der Waals surface area contributed by atoms with Crippen LogP contribution in [0.4, 0.5) is 0 Å². The highest BCUT2D eigenvalue weighted by Gasteiger charge is 2.44. The molecule has 8 heteroatoms.